The Morgan fingerprint density at radius 3 is 2.07 bits per heavy atom. The number of rotatable bonds is 5. The molecule has 0 aromatic heterocycles. The topological polar surface area (TPSA) is 29.5 Å². The van der Waals surface area contributed by atoms with Gasteiger partial charge >= 0.3 is 5.97 Å². The fourth-order valence-corrected chi connectivity index (χ4v) is 0.661. The molecular formula is C12H29NO2. The summed E-state index contributed by atoms with van der Waals surface area (Å²) in [4.78, 5) is 13.4. The van der Waals surface area contributed by atoms with Crippen molar-refractivity contribution in [3.8, 4) is 0 Å². The number of carbonyl (C=O) groups is 1. The highest BCUT2D eigenvalue weighted by Crippen LogP contribution is 2.21. The van der Waals surface area contributed by atoms with Gasteiger partial charge in [0.25, 0.3) is 0 Å². The minimum atomic E-state index is -0.341. The van der Waals surface area contributed by atoms with E-state index in [2.05, 4.69) is 0 Å². The summed E-state index contributed by atoms with van der Waals surface area (Å²) in [7, 11) is 3.91. The number of nitrogens with zero attached hydrogens (tertiary/aromatic N) is 1. The summed E-state index contributed by atoms with van der Waals surface area (Å²) >= 11 is 0. The molecule has 0 saturated carbocycles. The Morgan fingerprint density at radius 2 is 1.73 bits per heavy atom. The molecule has 0 spiro atoms. The van der Waals surface area contributed by atoms with Gasteiger partial charge < -0.3 is 9.64 Å². The first kappa shape index (κ1) is 19.9. The minimum absolute atomic E-state index is 0. The first-order valence-electron chi connectivity index (χ1n) is 4.72. The van der Waals surface area contributed by atoms with Gasteiger partial charge in [0.1, 0.15) is 6.61 Å². The van der Waals surface area contributed by atoms with Gasteiger partial charge in [-0.2, -0.15) is 0 Å². The normalized spacial score (nSPS) is 10.3. The van der Waals surface area contributed by atoms with E-state index >= 15 is 0 Å². The lowest BCUT2D eigenvalue weighted by molar-refractivity contribution is -0.154. The van der Waals surface area contributed by atoms with E-state index in [-0.39, 0.29) is 26.2 Å². The van der Waals surface area contributed by atoms with E-state index in [1.165, 1.54) is 0 Å². The second-order valence-corrected chi connectivity index (χ2v) is 4.18. The summed E-state index contributed by atoms with van der Waals surface area (Å²) in [6.07, 6.45) is 0.813. The number of likely N-dealkylation sites (N-methyl/N-ethyl adjacent to an activating group) is 1. The van der Waals surface area contributed by atoms with Crippen molar-refractivity contribution >= 4 is 5.97 Å². The zero-order valence-electron chi connectivity index (χ0n) is 9.39. The van der Waals surface area contributed by atoms with E-state index in [1.54, 1.807) is 0 Å². The quantitative estimate of drug-likeness (QED) is 0.666. The number of hydrogen-bond acceptors (Lipinski definition) is 3. The highest BCUT2D eigenvalue weighted by Gasteiger charge is 2.26. The molecule has 0 heterocycles. The van der Waals surface area contributed by atoms with Crippen molar-refractivity contribution in [3.63, 3.8) is 0 Å². The van der Waals surface area contributed by atoms with Crippen LogP contribution in [-0.4, -0.2) is 38.1 Å². The van der Waals surface area contributed by atoms with Gasteiger partial charge in [-0.3, -0.25) is 4.79 Å². The Balaban J connectivity index is -0.000000720. The smallest absolute Gasteiger partial charge is 0.311 e. The molecule has 15 heavy (non-hydrogen) atoms. The van der Waals surface area contributed by atoms with E-state index in [4.69, 9.17) is 4.74 Å². The number of carbonyl (C=O) groups excluding carboxylic acids is 1. The molecule has 0 saturated heterocycles. The molecule has 3 nitrogen and oxygen atoms in total. The Hall–Kier alpha value is -0.570. The van der Waals surface area contributed by atoms with Gasteiger partial charge in [0.05, 0.1) is 5.41 Å². The van der Waals surface area contributed by atoms with Gasteiger partial charge in [0.2, 0.25) is 0 Å². The maximum Gasteiger partial charge on any atom is 0.311 e. The molecule has 94 valence electrons. The molecule has 0 aromatic rings. The molecule has 0 rings (SSSR count). The second kappa shape index (κ2) is 8.72. The molecule has 0 fully saturated rings. The van der Waals surface area contributed by atoms with Crippen molar-refractivity contribution in [1.29, 1.82) is 0 Å². The zero-order valence-corrected chi connectivity index (χ0v) is 9.39. The van der Waals surface area contributed by atoms with E-state index < -0.39 is 0 Å². The van der Waals surface area contributed by atoms with Crippen molar-refractivity contribution in [3.05, 3.63) is 0 Å². The third-order valence-corrected chi connectivity index (χ3v) is 2.21. The van der Waals surface area contributed by atoms with Crippen molar-refractivity contribution in [2.45, 2.75) is 42.0 Å². The molecule has 0 unspecified atom stereocenters. The molecular weight excluding hydrogens is 190 g/mol. The molecule has 0 aliphatic carbocycles. The Labute approximate surface area is 95.8 Å². The van der Waals surface area contributed by atoms with Crippen LogP contribution in [0.2, 0.25) is 0 Å². The summed E-state index contributed by atoms with van der Waals surface area (Å²) in [5.74, 6) is -0.100. The lowest BCUT2D eigenvalue weighted by Crippen LogP contribution is -2.28. The molecule has 0 aliphatic rings. The van der Waals surface area contributed by atoms with Crippen LogP contribution in [0.15, 0.2) is 0 Å². The van der Waals surface area contributed by atoms with Crippen LogP contribution < -0.4 is 0 Å². The van der Waals surface area contributed by atoms with Gasteiger partial charge in [-0.05, 0) is 34.4 Å². The van der Waals surface area contributed by atoms with Gasteiger partial charge in [0, 0.05) is 6.54 Å². The van der Waals surface area contributed by atoms with Crippen LogP contribution in [0.5, 0.6) is 0 Å². The van der Waals surface area contributed by atoms with E-state index in [1.807, 2.05) is 39.8 Å². The summed E-state index contributed by atoms with van der Waals surface area (Å²) in [6, 6.07) is 0. The predicted molar refractivity (Wildman–Crippen MR) is 67.0 cm³/mol. The molecule has 0 amide bonds. The lowest BCUT2D eigenvalue weighted by atomic mass is 9.91. The van der Waals surface area contributed by atoms with E-state index in [0.29, 0.717) is 6.61 Å². The first-order chi connectivity index (χ1) is 5.90. The SMILES string of the molecule is C.C.CCC(C)(C)C(=O)OCCN(C)C. The van der Waals surface area contributed by atoms with Gasteiger partial charge in [-0.15, -0.1) is 0 Å². The second-order valence-electron chi connectivity index (χ2n) is 4.18. The van der Waals surface area contributed by atoms with Crippen LogP contribution in [0.4, 0.5) is 0 Å². The van der Waals surface area contributed by atoms with E-state index in [9.17, 15) is 4.79 Å². The standard InChI is InChI=1S/C10H21NO2.2CH4/c1-6-10(2,3)9(12)13-8-7-11(4)5;;/h6-8H2,1-5H3;2*1H4. The Morgan fingerprint density at radius 1 is 1.27 bits per heavy atom. The van der Waals surface area contributed by atoms with E-state index in [0.717, 1.165) is 13.0 Å². The minimum Gasteiger partial charge on any atom is -0.464 e. The summed E-state index contributed by atoms with van der Waals surface area (Å²) in [6.45, 7) is 7.07. The average molecular weight is 219 g/mol. The molecule has 3 heteroatoms. The maximum atomic E-state index is 11.4. The highest BCUT2D eigenvalue weighted by atomic mass is 16.5. The van der Waals surface area contributed by atoms with Crippen LogP contribution in [0.1, 0.15) is 42.0 Å². The van der Waals surface area contributed by atoms with Crippen molar-refractivity contribution in [2.75, 3.05) is 27.2 Å². The maximum absolute atomic E-state index is 11.4. The lowest BCUT2D eigenvalue weighted by Gasteiger charge is -2.20. The zero-order chi connectivity index (χ0) is 10.5. The monoisotopic (exact) mass is 219 g/mol. The predicted octanol–water partition coefficient (Wildman–Crippen LogP) is 2.80. The molecule has 0 N–H and O–H groups in total. The van der Waals surface area contributed by atoms with Crippen LogP contribution in [-0.2, 0) is 9.53 Å². The summed E-state index contributed by atoms with van der Waals surface area (Å²) in [5.41, 5.74) is -0.341. The van der Waals surface area contributed by atoms with Crippen molar-refractivity contribution < 1.29 is 9.53 Å². The fourth-order valence-electron chi connectivity index (χ4n) is 0.661. The number of hydrogen-bond donors (Lipinski definition) is 0. The Bertz CT molecular complexity index is 165. The van der Waals surface area contributed by atoms with Gasteiger partial charge in [-0.25, -0.2) is 0 Å². The third-order valence-electron chi connectivity index (χ3n) is 2.21. The number of ether oxygens (including phenoxy) is 1. The van der Waals surface area contributed by atoms with Crippen molar-refractivity contribution in [1.82, 2.24) is 4.90 Å². The third kappa shape index (κ3) is 8.43. The van der Waals surface area contributed by atoms with Crippen molar-refractivity contribution in [2.24, 2.45) is 5.41 Å². The summed E-state index contributed by atoms with van der Waals surface area (Å²) in [5, 5.41) is 0. The summed E-state index contributed by atoms with van der Waals surface area (Å²) < 4.78 is 5.13. The fraction of sp³-hybridized carbons (Fsp3) is 0.917. The van der Waals surface area contributed by atoms with Gasteiger partial charge in [0.15, 0.2) is 0 Å². The average Bonchev–Trinajstić information content (AvgIpc) is 2.03. The molecule has 0 bridgehead atoms. The Kier molecular flexibility index (Phi) is 11.6. The van der Waals surface area contributed by atoms with Crippen LogP contribution >= 0.6 is 0 Å². The highest BCUT2D eigenvalue weighted by molar-refractivity contribution is 5.75. The molecule has 0 aliphatic heterocycles. The molecule has 0 atom stereocenters. The van der Waals surface area contributed by atoms with Gasteiger partial charge in [-0.1, -0.05) is 21.8 Å². The van der Waals surface area contributed by atoms with Crippen LogP contribution in [0, 0.1) is 5.41 Å². The van der Waals surface area contributed by atoms with Crippen LogP contribution in [0.3, 0.4) is 0 Å². The van der Waals surface area contributed by atoms with Crippen LogP contribution in [0.25, 0.3) is 0 Å². The molecule has 0 radical (unpaired) electrons. The molecule has 0 aromatic carbocycles. The first-order valence-corrected chi connectivity index (χ1v) is 4.72. The number of esters is 1. The largest absolute Gasteiger partial charge is 0.464 e.